The second kappa shape index (κ2) is 4.12. The normalized spacial score (nSPS) is 27.7. The van der Waals surface area contributed by atoms with Crippen LogP contribution in [0.5, 0.6) is 0 Å². The van der Waals surface area contributed by atoms with Crippen molar-refractivity contribution in [2.45, 2.75) is 57.7 Å². The molecule has 2 fully saturated rings. The zero-order valence-corrected chi connectivity index (χ0v) is 9.79. The Kier molecular flexibility index (Phi) is 3.01. The average molecular weight is 211 g/mol. The Balaban J connectivity index is 1.94. The largest absolute Gasteiger partial charge is 0.356 e. The molecular weight excluding hydrogens is 190 g/mol. The van der Waals surface area contributed by atoms with Crippen LogP contribution in [0.3, 0.4) is 0 Å². The van der Waals surface area contributed by atoms with Crippen LogP contribution in [0.2, 0.25) is 0 Å². The maximum atomic E-state index is 12.0. The topological polar surface area (TPSA) is 32.8 Å². The number of carbonyl (C=O) groups is 1. The summed E-state index contributed by atoms with van der Waals surface area (Å²) in [6.45, 7) is 5.64. The van der Waals surface area contributed by atoms with E-state index in [1.54, 1.807) is 0 Å². The Bertz CT molecular complexity index is 242. The molecular formula is C12H21NO2. The van der Waals surface area contributed by atoms with Crippen molar-refractivity contribution < 1.29 is 9.53 Å². The van der Waals surface area contributed by atoms with Gasteiger partial charge in [0.25, 0.3) is 5.91 Å². The van der Waals surface area contributed by atoms with E-state index in [0.717, 1.165) is 25.9 Å². The third-order valence-electron chi connectivity index (χ3n) is 3.77. The summed E-state index contributed by atoms with van der Waals surface area (Å²) in [6.07, 6.45) is 5.81. The first-order valence-corrected chi connectivity index (χ1v) is 6.20. The van der Waals surface area contributed by atoms with E-state index >= 15 is 0 Å². The van der Waals surface area contributed by atoms with Gasteiger partial charge in [-0.25, -0.2) is 0 Å². The van der Waals surface area contributed by atoms with E-state index < -0.39 is 0 Å². The van der Waals surface area contributed by atoms with Crippen LogP contribution in [-0.2, 0) is 9.53 Å². The Morgan fingerprint density at radius 1 is 1.27 bits per heavy atom. The number of amides is 1. The van der Waals surface area contributed by atoms with Crippen LogP contribution in [-0.4, -0.2) is 35.6 Å². The van der Waals surface area contributed by atoms with E-state index in [0.29, 0.717) is 0 Å². The van der Waals surface area contributed by atoms with Crippen molar-refractivity contribution in [1.29, 1.82) is 0 Å². The van der Waals surface area contributed by atoms with Gasteiger partial charge in [0, 0.05) is 13.1 Å². The summed E-state index contributed by atoms with van der Waals surface area (Å²) >= 11 is 0. The van der Waals surface area contributed by atoms with Crippen molar-refractivity contribution in [2.75, 3.05) is 13.1 Å². The molecule has 0 aromatic carbocycles. The lowest BCUT2D eigenvalue weighted by molar-refractivity contribution is -0.132. The molecule has 2 rings (SSSR count). The summed E-state index contributed by atoms with van der Waals surface area (Å²) in [6, 6.07) is 0. The Morgan fingerprint density at radius 3 is 2.40 bits per heavy atom. The molecule has 1 atom stereocenters. The third-order valence-corrected chi connectivity index (χ3v) is 3.77. The molecule has 3 nitrogen and oxygen atoms in total. The minimum atomic E-state index is -0.113. The van der Waals surface area contributed by atoms with E-state index in [4.69, 9.17) is 4.74 Å². The number of carbonyl (C=O) groups excluding carboxylic acids is 1. The zero-order chi connectivity index (χ0) is 10.9. The first kappa shape index (κ1) is 10.9. The maximum Gasteiger partial charge on any atom is 0.254 e. The molecule has 0 radical (unpaired) electrons. The van der Waals surface area contributed by atoms with Crippen molar-refractivity contribution in [3.8, 4) is 0 Å². The summed E-state index contributed by atoms with van der Waals surface area (Å²) in [5.41, 5.74) is -0.0437. The summed E-state index contributed by atoms with van der Waals surface area (Å²) in [5, 5.41) is 0. The molecule has 3 heteroatoms. The second-order valence-corrected chi connectivity index (χ2v) is 4.63. The number of rotatable bonds is 3. The SMILES string of the molecule is CCN(CC)C(=O)C1OC12CCCCC2. The molecule has 1 heterocycles. The fourth-order valence-electron chi connectivity index (χ4n) is 2.71. The molecule has 15 heavy (non-hydrogen) atoms. The summed E-state index contributed by atoms with van der Waals surface area (Å²) in [7, 11) is 0. The minimum Gasteiger partial charge on any atom is -0.356 e. The Morgan fingerprint density at radius 2 is 1.87 bits per heavy atom. The van der Waals surface area contributed by atoms with E-state index in [-0.39, 0.29) is 17.6 Å². The maximum absolute atomic E-state index is 12.0. The number of hydrogen-bond acceptors (Lipinski definition) is 2. The van der Waals surface area contributed by atoms with Gasteiger partial charge in [0.2, 0.25) is 0 Å². The van der Waals surface area contributed by atoms with Gasteiger partial charge >= 0.3 is 0 Å². The number of epoxide rings is 1. The molecule has 1 unspecified atom stereocenters. The lowest BCUT2D eigenvalue weighted by Gasteiger charge is -2.21. The van der Waals surface area contributed by atoms with Gasteiger partial charge in [-0.1, -0.05) is 19.3 Å². The van der Waals surface area contributed by atoms with Crippen molar-refractivity contribution in [3.05, 3.63) is 0 Å². The molecule has 86 valence electrons. The highest BCUT2D eigenvalue weighted by Gasteiger charge is 2.60. The van der Waals surface area contributed by atoms with E-state index in [2.05, 4.69) is 0 Å². The number of likely N-dealkylation sites (N-methyl/N-ethyl adjacent to an activating group) is 1. The third kappa shape index (κ3) is 1.89. The van der Waals surface area contributed by atoms with Crippen LogP contribution in [0.15, 0.2) is 0 Å². The first-order chi connectivity index (χ1) is 7.23. The van der Waals surface area contributed by atoms with Gasteiger partial charge in [0.1, 0.15) is 5.60 Å². The highest BCUT2D eigenvalue weighted by atomic mass is 16.6. The molecule has 1 amide bonds. The highest BCUT2D eigenvalue weighted by molar-refractivity contribution is 5.85. The lowest BCUT2D eigenvalue weighted by Crippen LogP contribution is -2.37. The fraction of sp³-hybridized carbons (Fsp3) is 0.917. The molecule has 0 aromatic rings. The lowest BCUT2D eigenvalue weighted by atomic mass is 9.86. The van der Waals surface area contributed by atoms with Crippen LogP contribution in [0.25, 0.3) is 0 Å². The molecule has 0 bridgehead atoms. The first-order valence-electron chi connectivity index (χ1n) is 6.20. The number of ether oxygens (including phenoxy) is 1. The zero-order valence-electron chi connectivity index (χ0n) is 9.79. The van der Waals surface area contributed by atoms with Gasteiger partial charge in [-0.05, 0) is 26.7 Å². The van der Waals surface area contributed by atoms with Crippen LogP contribution in [0.1, 0.15) is 46.0 Å². The Hall–Kier alpha value is -0.570. The van der Waals surface area contributed by atoms with Crippen LogP contribution in [0.4, 0.5) is 0 Å². The smallest absolute Gasteiger partial charge is 0.254 e. The van der Waals surface area contributed by atoms with E-state index in [1.165, 1.54) is 19.3 Å². The van der Waals surface area contributed by atoms with Gasteiger partial charge in [-0.2, -0.15) is 0 Å². The van der Waals surface area contributed by atoms with Crippen molar-refractivity contribution in [2.24, 2.45) is 0 Å². The van der Waals surface area contributed by atoms with Crippen LogP contribution < -0.4 is 0 Å². The summed E-state index contributed by atoms with van der Waals surface area (Å²) in [5.74, 6) is 0.210. The molecule has 0 aromatic heterocycles. The molecule has 1 saturated carbocycles. The van der Waals surface area contributed by atoms with Crippen molar-refractivity contribution in [1.82, 2.24) is 4.90 Å². The van der Waals surface area contributed by atoms with E-state index in [1.807, 2.05) is 18.7 Å². The monoisotopic (exact) mass is 211 g/mol. The number of nitrogens with zero attached hydrogens (tertiary/aromatic N) is 1. The number of hydrogen-bond donors (Lipinski definition) is 0. The van der Waals surface area contributed by atoms with Gasteiger partial charge in [0.15, 0.2) is 6.10 Å². The van der Waals surface area contributed by atoms with Crippen molar-refractivity contribution in [3.63, 3.8) is 0 Å². The molecule has 1 aliphatic heterocycles. The summed E-state index contributed by atoms with van der Waals surface area (Å²) in [4.78, 5) is 13.9. The van der Waals surface area contributed by atoms with Crippen molar-refractivity contribution >= 4 is 5.91 Å². The Labute approximate surface area is 91.8 Å². The highest BCUT2D eigenvalue weighted by Crippen LogP contribution is 2.48. The average Bonchev–Trinajstić information content (AvgIpc) is 2.95. The van der Waals surface area contributed by atoms with Gasteiger partial charge in [-0.15, -0.1) is 0 Å². The summed E-state index contributed by atoms with van der Waals surface area (Å²) < 4.78 is 5.70. The fourth-order valence-corrected chi connectivity index (χ4v) is 2.71. The molecule has 2 aliphatic rings. The molecule has 0 N–H and O–H groups in total. The quantitative estimate of drug-likeness (QED) is 0.668. The molecule has 1 aliphatic carbocycles. The van der Waals surface area contributed by atoms with Crippen LogP contribution >= 0.6 is 0 Å². The predicted molar refractivity (Wildman–Crippen MR) is 58.6 cm³/mol. The predicted octanol–water partition coefficient (Wildman–Crippen LogP) is 1.96. The van der Waals surface area contributed by atoms with E-state index in [9.17, 15) is 4.79 Å². The van der Waals surface area contributed by atoms with Gasteiger partial charge in [-0.3, -0.25) is 4.79 Å². The van der Waals surface area contributed by atoms with Gasteiger partial charge < -0.3 is 9.64 Å². The van der Waals surface area contributed by atoms with Gasteiger partial charge in [0.05, 0.1) is 0 Å². The molecule has 1 saturated heterocycles. The van der Waals surface area contributed by atoms with Crippen LogP contribution in [0, 0.1) is 0 Å². The molecule has 1 spiro atoms. The standard InChI is InChI=1S/C12H21NO2/c1-3-13(4-2)11(14)10-12(15-10)8-6-5-7-9-12/h10H,3-9H2,1-2H3. The second-order valence-electron chi connectivity index (χ2n) is 4.63. The minimum absolute atomic E-state index is 0.0437.